The van der Waals surface area contributed by atoms with Gasteiger partial charge >= 0.3 is 0 Å². The Morgan fingerprint density at radius 3 is 2.24 bits per heavy atom. The van der Waals surface area contributed by atoms with Gasteiger partial charge in [0.05, 0.1) is 5.69 Å². The molecule has 5 heteroatoms. The molecule has 3 N–H and O–H groups in total. The predicted molar refractivity (Wildman–Crippen MR) is 99.4 cm³/mol. The third kappa shape index (κ3) is 5.35. The molecule has 0 fully saturated rings. The van der Waals surface area contributed by atoms with Crippen molar-refractivity contribution in [3.63, 3.8) is 0 Å². The lowest BCUT2D eigenvalue weighted by molar-refractivity contribution is -0.122. The van der Waals surface area contributed by atoms with Crippen LogP contribution in [0.5, 0.6) is 5.75 Å². The number of phenols is 1. The van der Waals surface area contributed by atoms with Crippen LogP contribution in [0, 0.1) is 11.8 Å². The summed E-state index contributed by atoms with van der Waals surface area (Å²) >= 11 is 0. The maximum Gasteiger partial charge on any atom is 0.227 e. The third-order valence-electron chi connectivity index (χ3n) is 4.15. The summed E-state index contributed by atoms with van der Waals surface area (Å²) in [7, 11) is 0. The summed E-state index contributed by atoms with van der Waals surface area (Å²) in [5.41, 5.74) is 1.12. The second-order valence-electron chi connectivity index (χ2n) is 6.10. The number of rotatable bonds is 7. The fraction of sp³-hybridized carbons (Fsp3) is 0.300. The Labute approximate surface area is 148 Å². The molecule has 5 nitrogen and oxygen atoms in total. The Hall–Kier alpha value is -2.82. The van der Waals surface area contributed by atoms with Crippen LogP contribution in [0.3, 0.4) is 0 Å². The standard InChI is InChI=1S/C20H24N2O3/c1-3-15(20(25)22-17-11-7-8-12-18(17)23)13-14(2)19(24)21-16-9-5-4-6-10-16/h4-12,14-15,23H,3,13H2,1-2H3,(H,21,24)(H,22,25). The lowest BCUT2D eigenvalue weighted by Crippen LogP contribution is -2.28. The molecule has 0 aliphatic rings. The minimum absolute atomic E-state index is 0.0283. The molecule has 0 aromatic heterocycles. The van der Waals surface area contributed by atoms with Crippen molar-refractivity contribution >= 4 is 23.2 Å². The van der Waals surface area contributed by atoms with Gasteiger partial charge in [0.15, 0.2) is 0 Å². The number of nitrogens with one attached hydrogen (secondary N) is 2. The van der Waals surface area contributed by atoms with E-state index in [4.69, 9.17) is 0 Å². The van der Waals surface area contributed by atoms with Gasteiger partial charge in [-0.3, -0.25) is 9.59 Å². The van der Waals surface area contributed by atoms with E-state index in [2.05, 4.69) is 10.6 Å². The Morgan fingerprint density at radius 2 is 1.60 bits per heavy atom. The minimum atomic E-state index is -0.309. The molecule has 2 amide bonds. The quantitative estimate of drug-likeness (QED) is 0.666. The number of benzene rings is 2. The molecule has 2 aromatic carbocycles. The number of hydrogen-bond acceptors (Lipinski definition) is 3. The van der Waals surface area contributed by atoms with Crippen molar-refractivity contribution in [2.24, 2.45) is 11.8 Å². The molecule has 0 spiro atoms. The maximum atomic E-state index is 12.5. The van der Waals surface area contributed by atoms with Gasteiger partial charge in [0.2, 0.25) is 11.8 Å². The van der Waals surface area contributed by atoms with Gasteiger partial charge < -0.3 is 15.7 Å². The second-order valence-corrected chi connectivity index (χ2v) is 6.10. The molecule has 2 aromatic rings. The summed E-state index contributed by atoms with van der Waals surface area (Å²) in [4.78, 5) is 24.8. The van der Waals surface area contributed by atoms with Crippen molar-refractivity contribution in [1.82, 2.24) is 0 Å². The molecule has 0 radical (unpaired) electrons. The van der Waals surface area contributed by atoms with E-state index in [1.54, 1.807) is 18.2 Å². The number of carbonyl (C=O) groups excluding carboxylic acids is 2. The van der Waals surface area contributed by atoms with Crippen LogP contribution in [0.4, 0.5) is 11.4 Å². The van der Waals surface area contributed by atoms with E-state index in [0.717, 1.165) is 5.69 Å². The van der Waals surface area contributed by atoms with Crippen LogP contribution in [0.15, 0.2) is 54.6 Å². The zero-order valence-corrected chi connectivity index (χ0v) is 14.5. The Morgan fingerprint density at radius 1 is 0.960 bits per heavy atom. The van der Waals surface area contributed by atoms with Crippen LogP contribution < -0.4 is 10.6 Å². The third-order valence-corrected chi connectivity index (χ3v) is 4.15. The summed E-state index contributed by atoms with van der Waals surface area (Å²) in [5, 5.41) is 15.4. The molecule has 0 bridgehead atoms. The van der Waals surface area contributed by atoms with Crippen molar-refractivity contribution in [3.05, 3.63) is 54.6 Å². The van der Waals surface area contributed by atoms with Gasteiger partial charge in [-0.2, -0.15) is 0 Å². The average Bonchev–Trinajstić information content (AvgIpc) is 2.62. The number of carbonyl (C=O) groups is 2. The molecule has 0 heterocycles. The van der Waals surface area contributed by atoms with Gasteiger partial charge in [-0.05, 0) is 37.1 Å². The number of aromatic hydroxyl groups is 1. The van der Waals surface area contributed by atoms with Crippen molar-refractivity contribution < 1.29 is 14.7 Å². The minimum Gasteiger partial charge on any atom is -0.506 e. The van der Waals surface area contributed by atoms with Crippen LogP contribution in [0.1, 0.15) is 26.7 Å². The Kier molecular flexibility index (Phi) is 6.57. The van der Waals surface area contributed by atoms with E-state index in [-0.39, 0.29) is 29.4 Å². The highest BCUT2D eigenvalue weighted by Gasteiger charge is 2.24. The number of para-hydroxylation sites is 3. The van der Waals surface area contributed by atoms with Gasteiger partial charge in [0.25, 0.3) is 0 Å². The molecule has 2 atom stereocenters. The Bertz CT molecular complexity index is 716. The first-order chi connectivity index (χ1) is 12.0. The molecule has 0 saturated heterocycles. The average molecular weight is 340 g/mol. The fourth-order valence-electron chi connectivity index (χ4n) is 2.59. The molecule has 25 heavy (non-hydrogen) atoms. The molecule has 0 aliphatic heterocycles. The van der Waals surface area contributed by atoms with Crippen molar-refractivity contribution in [2.45, 2.75) is 26.7 Å². The molecular weight excluding hydrogens is 316 g/mol. The first kappa shape index (κ1) is 18.5. The van der Waals surface area contributed by atoms with Gasteiger partial charge in [-0.25, -0.2) is 0 Å². The largest absolute Gasteiger partial charge is 0.506 e. The van der Waals surface area contributed by atoms with Crippen LogP contribution in [-0.2, 0) is 9.59 Å². The van der Waals surface area contributed by atoms with Crippen molar-refractivity contribution in [2.75, 3.05) is 10.6 Å². The number of anilines is 2. The molecule has 2 unspecified atom stereocenters. The van der Waals surface area contributed by atoms with E-state index in [1.807, 2.05) is 44.2 Å². The maximum absolute atomic E-state index is 12.5. The first-order valence-corrected chi connectivity index (χ1v) is 8.46. The van der Waals surface area contributed by atoms with Gasteiger partial charge in [-0.15, -0.1) is 0 Å². The highest BCUT2D eigenvalue weighted by Crippen LogP contribution is 2.24. The van der Waals surface area contributed by atoms with Gasteiger partial charge in [-0.1, -0.05) is 44.2 Å². The summed E-state index contributed by atoms with van der Waals surface area (Å²) in [6.45, 7) is 3.73. The van der Waals surface area contributed by atoms with E-state index in [9.17, 15) is 14.7 Å². The number of hydrogen-bond donors (Lipinski definition) is 3. The highest BCUT2D eigenvalue weighted by molar-refractivity contribution is 5.95. The summed E-state index contributed by atoms with van der Waals surface area (Å²) < 4.78 is 0. The molecule has 2 rings (SSSR count). The summed E-state index contributed by atoms with van der Waals surface area (Å²) in [6, 6.07) is 15.8. The Balaban J connectivity index is 1.94. The van der Waals surface area contributed by atoms with Crippen LogP contribution in [0.25, 0.3) is 0 Å². The zero-order valence-electron chi connectivity index (χ0n) is 14.5. The molecule has 0 saturated carbocycles. The van der Waals surface area contributed by atoms with Gasteiger partial charge in [0.1, 0.15) is 5.75 Å². The van der Waals surface area contributed by atoms with E-state index in [1.165, 1.54) is 6.07 Å². The van der Waals surface area contributed by atoms with Crippen LogP contribution in [0.2, 0.25) is 0 Å². The van der Waals surface area contributed by atoms with Crippen LogP contribution >= 0.6 is 0 Å². The lowest BCUT2D eigenvalue weighted by Gasteiger charge is -2.19. The molecular formula is C20H24N2O3. The smallest absolute Gasteiger partial charge is 0.227 e. The number of phenolic OH excluding ortho intramolecular Hbond substituents is 1. The normalized spacial score (nSPS) is 12.9. The van der Waals surface area contributed by atoms with Gasteiger partial charge in [0, 0.05) is 17.5 Å². The SMILES string of the molecule is CCC(CC(C)C(=O)Nc1ccccc1)C(=O)Nc1ccccc1O. The van der Waals surface area contributed by atoms with E-state index >= 15 is 0 Å². The molecule has 132 valence electrons. The van der Waals surface area contributed by atoms with E-state index in [0.29, 0.717) is 18.5 Å². The first-order valence-electron chi connectivity index (χ1n) is 8.46. The summed E-state index contributed by atoms with van der Waals surface area (Å²) in [6.07, 6.45) is 1.05. The highest BCUT2D eigenvalue weighted by atomic mass is 16.3. The second kappa shape index (κ2) is 8.87. The van der Waals surface area contributed by atoms with Crippen molar-refractivity contribution in [1.29, 1.82) is 0 Å². The van der Waals surface area contributed by atoms with E-state index < -0.39 is 0 Å². The molecule has 0 aliphatic carbocycles. The van der Waals surface area contributed by atoms with Crippen LogP contribution in [-0.4, -0.2) is 16.9 Å². The number of amides is 2. The fourth-order valence-corrected chi connectivity index (χ4v) is 2.59. The van der Waals surface area contributed by atoms with Crippen molar-refractivity contribution in [3.8, 4) is 5.75 Å². The lowest BCUT2D eigenvalue weighted by atomic mass is 9.92. The predicted octanol–water partition coefficient (Wildman–Crippen LogP) is 4.02. The zero-order chi connectivity index (χ0) is 18.2. The summed E-state index contributed by atoms with van der Waals surface area (Å²) in [5.74, 6) is -0.889. The topological polar surface area (TPSA) is 78.4 Å². The monoisotopic (exact) mass is 340 g/mol.